The summed E-state index contributed by atoms with van der Waals surface area (Å²) >= 11 is 0. The monoisotopic (exact) mass is 524 g/mol. The molecule has 9 nitrogen and oxygen atoms in total. The molecule has 0 radical (unpaired) electrons. The van der Waals surface area contributed by atoms with Gasteiger partial charge in [0.25, 0.3) is 0 Å². The number of nitrogens with zero attached hydrogens (tertiary/aromatic N) is 6. The van der Waals surface area contributed by atoms with Crippen LogP contribution in [0.5, 0.6) is 0 Å². The number of nitrogens with one attached hydrogen (secondary N) is 2. The number of benzene rings is 1. The van der Waals surface area contributed by atoms with Crippen LogP contribution in [0.2, 0.25) is 0 Å². The standard InChI is InChI=1S/C26H27F3N8O/c1-2-22(36-9-11-37(12-10-36)24(38)15-26(27,28)29)18-5-8-31-23(14-18)35-25-33-20-4-3-17(13-21(20)34-25)19-6-7-30-16-32-19/h3-8,13-14,16,22H,2,9-12,15H2,1H3,(H2,31,33,34,35). The third-order valence-electron chi connectivity index (χ3n) is 6.62. The second-order valence-corrected chi connectivity index (χ2v) is 9.14. The van der Waals surface area contributed by atoms with Gasteiger partial charge in [-0.25, -0.2) is 19.9 Å². The molecule has 1 unspecified atom stereocenters. The van der Waals surface area contributed by atoms with Gasteiger partial charge in [0.15, 0.2) is 0 Å². The number of amides is 1. The molecule has 1 aromatic carbocycles. The van der Waals surface area contributed by atoms with Crippen LogP contribution in [-0.2, 0) is 4.79 Å². The lowest BCUT2D eigenvalue weighted by Crippen LogP contribution is -2.50. The highest BCUT2D eigenvalue weighted by Gasteiger charge is 2.35. The summed E-state index contributed by atoms with van der Waals surface area (Å²) in [4.78, 5) is 36.0. The summed E-state index contributed by atoms with van der Waals surface area (Å²) in [7, 11) is 0. The minimum atomic E-state index is -4.49. The molecular weight excluding hydrogens is 497 g/mol. The van der Waals surface area contributed by atoms with Crippen LogP contribution >= 0.6 is 0 Å². The molecule has 1 aliphatic heterocycles. The van der Waals surface area contributed by atoms with E-state index in [0.29, 0.717) is 24.9 Å². The lowest BCUT2D eigenvalue weighted by atomic mass is 10.0. The van der Waals surface area contributed by atoms with Crippen LogP contribution in [0.4, 0.5) is 24.9 Å². The van der Waals surface area contributed by atoms with Crippen LogP contribution in [0.15, 0.2) is 55.1 Å². The normalized spacial score (nSPS) is 15.5. The van der Waals surface area contributed by atoms with E-state index in [0.717, 1.165) is 34.3 Å². The molecule has 5 rings (SSSR count). The Morgan fingerprint density at radius 3 is 2.61 bits per heavy atom. The summed E-state index contributed by atoms with van der Waals surface area (Å²) in [6.07, 6.45) is -0.167. The van der Waals surface area contributed by atoms with Crippen molar-refractivity contribution in [3.63, 3.8) is 0 Å². The largest absolute Gasteiger partial charge is 0.397 e. The number of rotatable bonds is 7. The van der Waals surface area contributed by atoms with Gasteiger partial charge in [0, 0.05) is 50.2 Å². The average molecular weight is 525 g/mol. The Labute approximate surface area is 217 Å². The maximum Gasteiger partial charge on any atom is 0.397 e. The molecule has 1 aliphatic rings. The number of anilines is 2. The molecule has 1 atom stereocenters. The fourth-order valence-electron chi connectivity index (χ4n) is 4.80. The molecule has 2 N–H and O–H groups in total. The number of halogens is 3. The molecule has 4 heterocycles. The van der Waals surface area contributed by atoms with Crippen molar-refractivity contribution >= 4 is 28.7 Å². The third-order valence-corrected chi connectivity index (χ3v) is 6.62. The first-order valence-electron chi connectivity index (χ1n) is 12.4. The Hall–Kier alpha value is -4.06. The van der Waals surface area contributed by atoms with Crippen molar-refractivity contribution in [2.24, 2.45) is 0 Å². The molecule has 0 saturated carbocycles. The topological polar surface area (TPSA) is 103 Å². The van der Waals surface area contributed by atoms with E-state index in [1.54, 1.807) is 12.4 Å². The number of carbonyl (C=O) groups excluding carboxylic acids is 1. The van der Waals surface area contributed by atoms with Gasteiger partial charge < -0.3 is 15.2 Å². The summed E-state index contributed by atoms with van der Waals surface area (Å²) < 4.78 is 37.8. The van der Waals surface area contributed by atoms with E-state index in [4.69, 9.17) is 0 Å². The molecule has 0 spiro atoms. The Kier molecular flexibility index (Phi) is 7.23. The number of pyridine rings is 1. The molecule has 38 heavy (non-hydrogen) atoms. The molecule has 3 aromatic heterocycles. The number of H-pyrrole nitrogens is 1. The molecule has 1 saturated heterocycles. The van der Waals surface area contributed by atoms with Crippen molar-refractivity contribution in [1.82, 2.24) is 34.7 Å². The molecule has 0 aliphatic carbocycles. The van der Waals surface area contributed by atoms with Gasteiger partial charge in [0.2, 0.25) is 11.9 Å². The summed E-state index contributed by atoms with van der Waals surface area (Å²) in [5.74, 6) is 0.305. The molecule has 198 valence electrons. The Morgan fingerprint density at radius 2 is 1.89 bits per heavy atom. The van der Waals surface area contributed by atoms with Crippen molar-refractivity contribution in [3.8, 4) is 11.3 Å². The summed E-state index contributed by atoms with van der Waals surface area (Å²) in [5.41, 5.74) is 4.44. The highest BCUT2D eigenvalue weighted by atomic mass is 19.4. The van der Waals surface area contributed by atoms with Crippen LogP contribution in [0, 0.1) is 0 Å². The molecule has 12 heteroatoms. The van der Waals surface area contributed by atoms with E-state index in [2.05, 4.69) is 42.1 Å². The van der Waals surface area contributed by atoms with Gasteiger partial charge in [0.1, 0.15) is 18.6 Å². The molecule has 0 bridgehead atoms. The van der Waals surface area contributed by atoms with Gasteiger partial charge in [-0.15, -0.1) is 0 Å². The zero-order valence-corrected chi connectivity index (χ0v) is 20.7. The molecular formula is C26H27F3N8O. The fourth-order valence-corrected chi connectivity index (χ4v) is 4.80. The predicted octanol–water partition coefficient (Wildman–Crippen LogP) is 4.71. The van der Waals surface area contributed by atoms with Crippen molar-refractivity contribution in [2.75, 3.05) is 31.5 Å². The quantitative estimate of drug-likeness (QED) is 0.361. The number of hydrogen-bond donors (Lipinski definition) is 2. The first-order valence-corrected chi connectivity index (χ1v) is 12.4. The Bertz CT molecular complexity index is 1400. The first-order chi connectivity index (χ1) is 18.3. The SMILES string of the molecule is CCC(c1ccnc(Nc2nc3ccc(-c4ccncn4)cc3[nH]2)c1)N1CCN(C(=O)CC(F)(F)F)CC1. The number of alkyl halides is 3. The van der Waals surface area contributed by atoms with Crippen molar-refractivity contribution in [2.45, 2.75) is 32.0 Å². The Morgan fingerprint density at radius 1 is 1.08 bits per heavy atom. The maximum absolute atomic E-state index is 12.6. The van der Waals surface area contributed by atoms with E-state index in [1.807, 2.05) is 36.4 Å². The summed E-state index contributed by atoms with van der Waals surface area (Å²) in [5, 5.41) is 3.24. The van der Waals surface area contributed by atoms with Gasteiger partial charge in [0.05, 0.1) is 16.7 Å². The predicted molar refractivity (Wildman–Crippen MR) is 136 cm³/mol. The van der Waals surface area contributed by atoms with Crippen LogP contribution in [0.1, 0.15) is 31.4 Å². The van der Waals surface area contributed by atoms with Gasteiger partial charge in [-0.3, -0.25) is 9.69 Å². The number of hydrogen-bond acceptors (Lipinski definition) is 7. The van der Waals surface area contributed by atoms with Gasteiger partial charge >= 0.3 is 6.18 Å². The van der Waals surface area contributed by atoms with E-state index >= 15 is 0 Å². The van der Waals surface area contributed by atoms with E-state index < -0.39 is 18.5 Å². The Balaban J connectivity index is 1.26. The van der Waals surface area contributed by atoms with Gasteiger partial charge in [-0.05, 0) is 42.3 Å². The van der Waals surface area contributed by atoms with Crippen LogP contribution in [-0.4, -0.2) is 73.0 Å². The smallest absolute Gasteiger partial charge is 0.340 e. The van der Waals surface area contributed by atoms with Crippen molar-refractivity contribution in [1.29, 1.82) is 0 Å². The third kappa shape index (κ3) is 5.91. The lowest BCUT2D eigenvalue weighted by Gasteiger charge is -2.39. The fraction of sp³-hybridized carbons (Fsp3) is 0.346. The lowest BCUT2D eigenvalue weighted by molar-refractivity contribution is -0.162. The number of carbonyl (C=O) groups is 1. The van der Waals surface area contributed by atoms with Crippen LogP contribution in [0.25, 0.3) is 22.3 Å². The number of fused-ring (bicyclic) bond motifs is 1. The number of piperazine rings is 1. The minimum absolute atomic E-state index is 0.0458. The second kappa shape index (κ2) is 10.7. The number of aromatic nitrogens is 5. The average Bonchev–Trinajstić information content (AvgIpc) is 3.31. The van der Waals surface area contributed by atoms with Gasteiger partial charge in [-0.2, -0.15) is 13.2 Å². The highest BCUT2D eigenvalue weighted by Crippen LogP contribution is 2.29. The summed E-state index contributed by atoms with van der Waals surface area (Å²) in [6, 6.07) is 11.6. The van der Waals surface area contributed by atoms with Crippen LogP contribution < -0.4 is 5.32 Å². The van der Waals surface area contributed by atoms with E-state index in [1.165, 1.54) is 11.2 Å². The van der Waals surface area contributed by atoms with Gasteiger partial charge in [-0.1, -0.05) is 13.0 Å². The zero-order chi connectivity index (χ0) is 26.7. The molecule has 4 aromatic rings. The highest BCUT2D eigenvalue weighted by molar-refractivity contribution is 5.83. The molecule has 1 fully saturated rings. The van der Waals surface area contributed by atoms with E-state index in [-0.39, 0.29) is 19.1 Å². The first kappa shape index (κ1) is 25.6. The zero-order valence-electron chi connectivity index (χ0n) is 20.7. The van der Waals surface area contributed by atoms with E-state index in [9.17, 15) is 18.0 Å². The van der Waals surface area contributed by atoms with Crippen LogP contribution in [0.3, 0.4) is 0 Å². The number of imidazole rings is 1. The van der Waals surface area contributed by atoms with Crippen molar-refractivity contribution < 1.29 is 18.0 Å². The second-order valence-electron chi connectivity index (χ2n) is 9.14. The van der Waals surface area contributed by atoms with Crippen molar-refractivity contribution in [3.05, 3.63) is 60.7 Å². The molecule has 1 amide bonds. The summed E-state index contributed by atoms with van der Waals surface area (Å²) in [6.45, 7) is 3.62. The number of aromatic amines is 1. The minimum Gasteiger partial charge on any atom is -0.340 e. The maximum atomic E-state index is 12.6.